The van der Waals surface area contributed by atoms with E-state index in [0.29, 0.717) is 17.9 Å². The highest BCUT2D eigenvalue weighted by molar-refractivity contribution is 5.79. The van der Waals surface area contributed by atoms with Gasteiger partial charge < -0.3 is 14.7 Å². The quantitative estimate of drug-likeness (QED) is 0.703. The predicted octanol–water partition coefficient (Wildman–Crippen LogP) is 3.67. The zero-order valence-electron chi connectivity index (χ0n) is 18.3. The maximum atomic E-state index is 12.8. The van der Waals surface area contributed by atoms with Crippen LogP contribution in [0.5, 0.6) is 0 Å². The Labute approximate surface area is 177 Å². The summed E-state index contributed by atoms with van der Waals surface area (Å²) < 4.78 is 0. The molecule has 0 aromatic heterocycles. The van der Waals surface area contributed by atoms with Gasteiger partial charge in [-0.2, -0.15) is 0 Å². The van der Waals surface area contributed by atoms with Crippen LogP contribution in [0.4, 0.5) is 0 Å². The fourth-order valence-corrected chi connectivity index (χ4v) is 6.15. The van der Waals surface area contributed by atoms with Gasteiger partial charge >= 0.3 is 0 Å². The van der Waals surface area contributed by atoms with Gasteiger partial charge in [-0.1, -0.05) is 25.7 Å². The van der Waals surface area contributed by atoms with Crippen LogP contribution in [-0.2, 0) is 9.59 Å². The molecular weight excluding hydrogens is 362 g/mol. The molecule has 5 heteroatoms. The van der Waals surface area contributed by atoms with Gasteiger partial charge in [-0.25, -0.2) is 0 Å². The molecule has 0 atom stereocenters. The zero-order valence-corrected chi connectivity index (χ0v) is 18.3. The molecule has 5 nitrogen and oxygen atoms in total. The number of rotatable bonds is 5. The summed E-state index contributed by atoms with van der Waals surface area (Å²) in [5.41, 5.74) is 0. The third kappa shape index (κ3) is 5.53. The maximum Gasteiger partial charge on any atom is 0.225 e. The second-order valence-corrected chi connectivity index (χ2v) is 10.00. The normalized spacial score (nSPS) is 26.2. The van der Waals surface area contributed by atoms with Gasteiger partial charge in [0, 0.05) is 44.6 Å². The highest BCUT2D eigenvalue weighted by Crippen LogP contribution is 2.30. The van der Waals surface area contributed by atoms with Crippen LogP contribution in [0.25, 0.3) is 0 Å². The lowest BCUT2D eigenvalue weighted by atomic mass is 9.91. The molecule has 1 aliphatic carbocycles. The van der Waals surface area contributed by atoms with Crippen molar-refractivity contribution in [3.05, 3.63) is 0 Å². The van der Waals surface area contributed by atoms with Crippen LogP contribution in [0.3, 0.4) is 0 Å². The highest BCUT2D eigenvalue weighted by atomic mass is 16.2. The number of hydrogen-bond donors (Lipinski definition) is 0. The van der Waals surface area contributed by atoms with Crippen LogP contribution in [0.15, 0.2) is 0 Å². The van der Waals surface area contributed by atoms with Gasteiger partial charge in [0.1, 0.15) is 0 Å². The van der Waals surface area contributed by atoms with Gasteiger partial charge in [-0.15, -0.1) is 0 Å². The summed E-state index contributed by atoms with van der Waals surface area (Å²) in [6.45, 7) is 5.94. The lowest BCUT2D eigenvalue weighted by Crippen LogP contribution is -2.50. The lowest BCUT2D eigenvalue weighted by Gasteiger charge is -2.42. The van der Waals surface area contributed by atoms with Gasteiger partial charge in [0.15, 0.2) is 0 Å². The Morgan fingerprint density at radius 1 is 0.655 bits per heavy atom. The first-order valence-electron chi connectivity index (χ1n) is 12.5. The van der Waals surface area contributed by atoms with Gasteiger partial charge in [-0.3, -0.25) is 9.59 Å². The van der Waals surface area contributed by atoms with E-state index in [1.165, 1.54) is 44.9 Å². The van der Waals surface area contributed by atoms with E-state index in [9.17, 15) is 9.59 Å². The molecule has 4 aliphatic rings. The summed E-state index contributed by atoms with van der Waals surface area (Å²) in [5, 5.41) is 0. The van der Waals surface area contributed by atoms with Gasteiger partial charge in [0.2, 0.25) is 11.8 Å². The number of amides is 2. The van der Waals surface area contributed by atoms with Crippen molar-refractivity contribution in [2.45, 2.75) is 89.5 Å². The van der Waals surface area contributed by atoms with Crippen LogP contribution in [0.1, 0.15) is 83.5 Å². The summed E-state index contributed by atoms with van der Waals surface area (Å²) >= 11 is 0. The molecule has 0 aromatic carbocycles. The van der Waals surface area contributed by atoms with Crippen LogP contribution >= 0.6 is 0 Å². The number of carbonyl (C=O) groups excluding carboxylic acids is 2. The SMILES string of the molecule is O=C(CCC1CCCC1)N1CCC(N2CCC(C(=O)N3CCCCC3)CC2)CC1. The predicted molar refractivity (Wildman–Crippen MR) is 116 cm³/mol. The van der Waals surface area contributed by atoms with Crippen molar-refractivity contribution in [2.24, 2.45) is 11.8 Å². The van der Waals surface area contributed by atoms with E-state index in [-0.39, 0.29) is 5.92 Å². The molecule has 4 rings (SSSR count). The summed E-state index contributed by atoms with van der Waals surface area (Å²) in [6.07, 6.45) is 15.2. The molecule has 0 unspecified atom stereocenters. The van der Waals surface area contributed by atoms with E-state index in [1.807, 2.05) is 0 Å². The van der Waals surface area contributed by atoms with Gasteiger partial charge in [0.05, 0.1) is 0 Å². The Morgan fingerprint density at radius 2 is 1.31 bits per heavy atom. The molecule has 3 saturated heterocycles. The third-order valence-corrected chi connectivity index (χ3v) is 8.12. The molecule has 0 radical (unpaired) electrons. The first kappa shape index (κ1) is 21.1. The number of nitrogens with zero attached hydrogens (tertiary/aromatic N) is 3. The maximum absolute atomic E-state index is 12.8. The van der Waals surface area contributed by atoms with Crippen LogP contribution < -0.4 is 0 Å². The minimum atomic E-state index is 0.251. The number of hydrogen-bond acceptors (Lipinski definition) is 3. The van der Waals surface area contributed by atoms with Gasteiger partial charge in [-0.05, 0) is 70.4 Å². The van der Waals surface area contributed by atoms with Crippen molar-refractivity contribution in [1.82, 2.24) is 14.7 Å². The lowest BCUT2D eigenvalue weighted by molar-refractivity contribution is -0.139. The smallest absolute Gasteiger partial charge is 0.225 e. The van der Waals surface area contributed by atoms with Crippen molar-refractivity contribution in [2.75, 3.05) is 39.3 Å². The van der Waals surface area contributed by atoms with E-state index in [2.05, 4.69) is 14.7 Å². The average molecular weight is 404 g/mol. The average Bonchev–Trinajstić information content (AvgIpc) is 3.31. The van der Waals surface area contributed by atoms with Crippen molar-refractivity contribution >= 4 is 11.8 Å². The van der Waals surface area contributed by atoms with Gasteiger partial charge in [0.25, 0.3) is 0 Å². The Hall–Kier alpha value is -1.10. The van der Waals surface area contributed by atoms with E-state index in [1.54, 1.807) is 0 Å². The fraction of sp³-hybridized carbons (Fsp3) is 0.917. The van der Waals surface area contributed by atoms with E-state index >= 15 is 0 Å². The number of likely N-dealkylation sites (tertiary alicyclic amines) is 3. The first-order chi connectivity index (χ1) is 14.2. The molecule has 0 N–H and O–H groups in total. The molecule has 2 amide bonds. The molecule has 29 heavy (non-hydrogen) atoms. The fourth-order valence-electron chi connectivity index (χ4n) is 6.15. The largest absolute Gasteiger partial charge is 0.343 e. The summed E-state index contributed by atoms with van der Waals surface area (Å²) in [4.78, 5) is 32.2. The minimum Gasteiger partial charge on any atom is -0.343 e. The van der Waals surface area contributed by atoms with Crippen LogP contribution in [0, 0.1) is 11.8 Å². The Kier molecular flexibility index (Phi) is 7.49. The van der Waals surface area contributed by atoms with Crippen LogP contribution in [-0.4, -0.2) is 71.8 Å². The molecule has 4 fully saturated rings. The molecule has 3 heterocycles. The third-order valence-electron chi connectivity index (χ3n) is 8.12. The second kappa shape index (κ2) is 10.3. The van der Waals surface area contributed by atoms with E-state index in [0.717, 1.165) is 83.7 Å². The molecule has 164 valence electrons. The highest BCUT2D eigenvalue weighted by Gasteiger charge is 2.33. The molecule has 0 aromatic rings. The Bertz CT molecular complexity index is 538. The second-order valence-electron chi connectivity index (χ2n) is 10.00. The molecular formula is C24H41N3O2. The van der Waals surface area contributed by atoms with E-state index < -0.39 is 0 Å². The van der Waals surface area contributed by atoms with Crippen molar-refractivity contribution in [1.29, 1.82) is 0 Å². The molecule has 1 saturated carbocycles. The van der Waals surface area contributed by atoms with E-state index in [4.69, 9.17) is 0 Å². The monoisotopic (exact) mass is 403 g/mol. The number of piperidine rings is 3. The van der Waals surface area contributed by atoms with Crippen molar-refractivity contribution in [3.8, 4) is 0 Å². The Morgan fingerprint density at radius 3 is 1.97 bits per heavy atom. The first-order valence-corrected chi connectivity index (χ1v) is 12.5. The van der Waals surface area contributed by atoms with Crippen molar-refractivity contribution < 1.29 is 9.59 Å². The van der Waals surface area contributed by atoms with Crippen molar-refractivity contribution in [3.63, 3.8) is 0 Å². The number of carbonyl (C=O) groups is 2. The summed E-state index contributed by atoms with van der Waals surface area (Å²) in [6, 6.07) is 0.611. The van der Waals surface area contributed by atoms with Crippen LogP contribution in [0.2, 0.25) is 0 Å². The summed E-state index contributed by atoms with van der Waals surface area (Å²) in [7, 11) is 0. The standard InChI is InChI=1S/C24H41N3O2/c28-23(9-8-20-6-2-3-7-20)26-18-12-22(13-19-26)25-16-10-21(11-17-25)24(29)27-14-4-1-5-15-27/h20-22H,1-19H2. The minimum absolute atomic E-state index is 0.251. The zero-order chi connectivity index (χ0) is 20.1. The molecule has 0 bridgehead atoms. The Balaban J connectivity index is 1.15. The molecule has 0 spiro atoms. The molecule has 3 aliphatic heterocycles. The summed E-state index contributed by atoms with van der Waals surface area (Å²) in [5.74, 6) is 1.88. The topological polar surface area (TPSA) is 43.9 Å².